The standard InChI is InChI=1S/C19H15ClN6O5S2/c1-31-17-5-3-2-4-14(17)24-33(29,30)12-6-7-13(15(10-12)26(27)28)23-21-11-16-18(20)22-19-25(16)8-9-32-19/h2-11,23-24H,1H3. The third-order valence-electron chi connectivity index (χ3n) is 4.45. The molecule has 170 valence electrons. The molecule has 0 fully saturated rings. The van der Waals surface area contributed by atoms with Gasteiger partial charge in [0, 0.05) is 17.6 Å². The van der Waals surface area contributed by atoms with E-state index < -0.39 is 20.6 Å². The number of rotatable bonds is 8. The number of ether oxygens (including phenoxy) is 1. The van der Waals surface area contributed by atoms with Crippen molar-refractivity contribution in [1.29, 1.82) is 0 Å². The molecule has 0 bridgehead atoms. The predicted octanol–water partition coefficient (Wildman–Crippen LogP) is 4.21. The fourth-order valence-corrected chi connectivity index (χ4v) is 4.99. The van der Waals surface area contributed by atoms with Crippen LogP contribution >= 0.6 is 22.9 Å². The summed E-state index contributed by atoms with van der Waals surface area (Å²) >= 11 is 7.49. The first-order valence-electron chi connectivity index (χ1n) is 9.14. The number of methoxy groups -OCH3 is 1. The Hall–Kier alpha value is -3.68. The second-order valence-corrected chi connectivity index (χ2v) is 9.37. The molecule has 2 heterocycles. The number of aromatic nitrogens is 2. The van der Waals surface area contributed by atoms with Gasteiger partial charge in [0.1, 0.15) is 17.1 Å². The molecule has 0 amide bonds. The number of sulfonamides is 1. The molecule has 0 aliphatic carbocycles. The number of para-hydroxylation sites is 2. The van der Waals surface area contributed by atoms with Gasteiger partial charge in [0.05, 0.1) is 28.8 Å². The number of hydrazone groups is 1. The van der Waals surface area contributed by atoms with E-state index in [2.05, 4.69) is 20.2 Å². The molecule has 0 saturated carbocycles. The monoisotopic (exact) mass is 506 g/mol. The number of nitro benzene ring substituents is 1. The molecule has 0 aliphatic rings. The number of nitro groups is 1. The lowest BCUT2D eigenvalue weighted by atomic mass is 10.3. The number of thiazole rings is 1. The van der Waals surface area contributed by atoms with E-state index in [0.717, 1.165) is 6.07 Å². The van der Waals surface area contributed by atoms with Gasteiger partial charge in [-0.25, -0.2) is 13.4 Å². The molecule has 0 saturated heterocycles. The van der Waals surface area contributed by atoms with E-state index in [-0.39, 0.29) is 21.4 Å². The van der Waals surface area contributed by atoms with E-state index in [0.29, 0.717) is 16.4 Å². The Bertz CT molecular complexity index is 1480. The van der Waals surface area contributed by atoms with Crippen molar-refractivity contribution >= 4 is 61.2 Å². The molecule has 0 aliphatic heterocycles. The van der Waals surface area contributed by atoms with Crippen LogP contribution in [-0.4, -0.2) is 36.1 Å². The van der Waals surface area contributed by atoms with Gasteiger partial charge in [-0.2, -0.15) is 5.10 Å². The highest BCUT2D eigenvalue weighted by molar-refractivity contribution is 7.92. The number of nitrogens with one attached hydrogen (secondary N) is 2. The summed E-state index contributed by atoms with van der Waals surface area (Å²) in [5.41, 5.74) is 2.77. The molecule has 2 aromatic heterocycles. The fraction of sp³-hybridized carbons (Fsp3) is 0.0526. The van der Waals surface area contributed by atoms with E-state index in [4.69, 9.17) is 16.3 Å². The van der Waals surface area contributed by atoms with Crippen molar-refractivity contribution < 1.29 is 18.1 Å². The Kier molecular flexibility index (Phi) is 6.18. The summed E-state index contributed by atoms with van der Waals surface area (Å²) in [4.78, 5) is 15.4. The number of anilines is 2. The number of hydrogen-bond acceptors (Lipinski definition) is 9. The summed E-state index contributed by atoms with van der Waals surface area (Å²) in [6.07, 6.45) is 3.13. The van der Waals surface area contributed by atoms with Gasteiger partial charge in [-0.05, 0) is 24.3 Å². The van der Waals surface area contributed by atoms with Gasteiger partial charge in [0.2, 0.25) is 0 Å². The predicted molar refractivity (Wildman–Crippen MR) is 126 cm³/mol. The highest BCUT2D eigenvalue weighted by Crippen LogP contribution is 2.31. The number of nitrogens with zero attached hydrogens (tertiary/aromatic N) is 4. The van der Waals surface area contributed by atoms with Gasteiger partial charge in [0.25, 0.3) is 15.7 Å². The Morgan fingerprint density at radius 1 is 1.27 bits per heavy atom. The molecule has 4 aromatic rings. The Morgan fingerprint density at radius 2 is 2.06 bits per heavy atom. The maximum Gasteiger partial charge on any atom is 0.295 e. The van der Waals surface area contributed by atoms with Gasteiger partial charge in [-0.15, -0.1) is 11.3 Å². The molecule has 4 rings (SSSR count). The van der Waals surface area contributed by atoms with Gasteiger partial charge < -0.3 is 4.74 Å². The number of hydrogen-bond donors (Lipinski definition) is 2. The Balaban J connectivity index is 1.60. The Labute approximate surface area is 196 Å². The van der Waals surface area contributed by atoms with Crippen LogP contribution < -0.4 is 14.9 Å². The van der Waals surface area contributed by atoms with Crippen molar-refractivity contribution in [3.63, 3.8) is 0 Å². The molecule has 2 aromatic carbocycles. The highest BCUT2D eigenvalue weighted by Gasteiger charge is 2.22. The van der Waals surface area contributed by atoms with Crippen LogP contribution in [-0.2, 0) is 10.0 Å². The molecule has 0 unspecified atom stereocenters. The van der Waals surface area contributed by atoms with Crippen LogP contribution in [0.4, 0.5) is 17.1 Å². The van der Waals surface area contributed by atoms with Crippen LogP contribution in [0.3, 0.4) is 0 Å². The third kappa shape index (κ3) is 4.60. The zero-order valence-electron chi connectivity index (χ0n) is 16.8. The maximum atomic E-state index is 12.8. The summed E-state index contributed by atoms with van der Waals surface area (Å²) in [6, 6.07) is 9.84. The van der Waals surface area contributed by atoms with Crippen LogP contribution in [0.5, 0.6) is 5.75 Å². The Morgan fingerprint density at radius 3 is 2.82 bits per heavy atom. The van der Waals surface area contributed by atoms with E-state index in [1.54, 1.807) is 28.8 Å². The normalized spacial score (nSPS) is 11.7. The van der Waals surface area contributed by atoms with E-state index in [9.17, 15) is 18.5 Å². The maximum absolute atomic E-state index is 12.8. The minimum atomic E-state index is -4.13. The first kappa shape index (κ1) is 22.5. The topological polar surface area (TPSA) is 140 Å². The lowest BCUT2D eigenvalue weighted by Crippen LogP contribution is -2.14. The second kappa shape index (κ2) is 9.05. The zero-order valence-corrected chi connectivity index (χ0v) is 19.2. The minimum Gasteiger partial charge on any atom is -0.495 e. The van der Waals surface area contributed by atoms with Crippen molar-refractivity contribution in [2.24, 2.45) is 5.10 Å². The molecule has 33 heavy (non-hydrogen) atoms. The zero-order chi connectivity index (χ0) is 23.6. The first-order valence-corrected chi connectivity index (χ1v) is 11.9. The lowest BCUT2D eigenvalue weighted by molar-refractivity contribution is -0.384. The van der Waals surface area contributed by atoms with E-state index in [1.807, 2.05) is 5.38 Å². The van der Waals surface area contributed by atoms with E-state index >= 15 is 0 Å². The van der Waals surface area contributed by atoms with Crippen molar-refractivity contribution in [2.75, 3.05) is 17.3 Å². The van der Waals surface area contributed by atoms with Crippen LogP contribution in [0.25, 0.3) is 4.96 Å². The quantitative estimate of drug-likeness (QED) is 0.207. The smallest absolute Gasteiger partial charge is 0.295 e. The number of imidazole rings is 1. The molecule has 0 spiro atoms. The molecule has 0 atom stereocenters. The highest BCUT2D eigenvalue weighted by atomic mass is 35.5. The fourth-order valence-electron chi connectivity index (χ4n) is 2.91. The summed E-state index contributed by atoms with van der Waals surface area (Å²) in [5.74, 6) is 0.307. The van der Waals surface area contributed by atoms with Crippen molar-refractivity contribution in [3.05, 3.63) is 75.0 Å². The van der Waals surface area contributed by atoms with Crippen molar-refractivity contribution in [3.8, 4) is 5.75 Å². The van der Waals surface area contributed by atoms with Crippen LogP contribution in [0.2, 0.25) is 5.15 Å². The molecule has 0 radical (unpaired) electrons. The number of fused-ring (bicyclic) bond motifs is 1. The summed E-state index contributed by atoms with van der Waals surface area (Å²) in [7, 11) is -2.72. The van der Waals surface area contributed by atoms with Crippen molar-refractivity contribution in [1.82, 2.24) is 9.38 Å². The van der Waals surface area contributed by atoms with Gasteiger partial charge >= 0.3 is 0 Å². The summed E-state index contributed by atoms with van der Waals surface area (Å²) < 4.78 is 34.8. The number of halogens is 1. The first-order chi connectivity index (χ1) is 15.8. The lowest BCUT2D eigenvalue weighted by Gasteiger charge is -2.12. The average Bonchev–Trinajstić information content (AvgIpc) is 3.35. The molecule has 2 N–H and O–H groups in total. The molecule has 11 nitrogen and oxygen atoms in total. The summed E-state index contributed by atoms with van der Waals surface area (Å²) in [6.45, 7) is 0. The van der Waals surface area contributed by atoms with Crippen LogP contribution in [0, 0.1) is 10.1 Å². The van der Waals surface area contributed by atoms with Gasteiger partial charge in [-0.1, -0.05) is 23.7 Å². The average molecular weight is 507 g/mol. The SMILES string of the molecule is COc1ccccc1NS(=O)(=O)c1ccc(NN=Cc2c(Cl)nc3sccn23)c([N+](=O)[O-])c1. The second-order valence-electron chi connectivity index (χ2n) is 6.46. The third-order valence-corrected chi connectivity index (χ3v) is 6.85. The minimum absolute atomic E-state index is 0.00491. The van der Waals surface area contributed by atoms with Crippen LogP contribution in [0.1, 0.15) is 5.69 Å². The van der Waals surface area contributed by atoms with Crippen LogP contribution in [0.15, 0.2) is 64.0 Å². The van der Waals surface area contributed by atoms with Gasteiger partial charge in [-0.3, -0.25) is 24.7 Å². The molecular formula is C19H15ClN6O5S2. The van der Waals surface area contributed by atoms with Crippen molar-refractivity contribution in [2.45, 2.75) is 4.90 Å². The number of benzene rings is 2. The largest absolute Gasteiger partial charge is 0.495 e. The molecular weight excluding hydrogens is 492 g/mol. The molecule has 14 heteroatoms. The summed E-state index contributed by atoms with van der Waals surface area (Å²) in [5, 5.41) is 17.6. The van der Waals surface area contributed by atoms with Gasteiger partial charge in [0.15, 0.2) is 10.1 Å². The van der Waals surface area contributed by atoms with E-state index in [1.165, 1.54) is 42.9 Å².